The van der Waals surface area contributed by atoms with Crippen LogP contribution in [0.5, 0.6) is 0 Å². The number of rotatable bonds is 2. The second-order valence-corrected chi connectivity index (χ2v) is 2.82. The van der Waals surface area contributed by atoms with Crippen LogP contribution >= 0.6 is 0 Å². The molecule has 9 heavy (non-hydrogen) atoms. The Morgan fingerprint density at radius 2 is 1.78 bits per heavy atom. The summed E-state index contributed by atoms with van der Waals surface area (Å²) in [6.45, 7) is 0.0694. The molecule has 0 saturated heterocycles. The predicted octanol–water partition coefficient (Wildman–Crippen LogP) is -2.36. The normalized spacial score (nSPS) is 10.1. The lowest BCUT2D eigenvalue weighted by Gasteiger charge is -2.23. The van der Waals surface area contributed by atoms with Gasteiger partial charge in [-0.1, -0.05) is 13.5 Å². The van der Waals surface area contributed by atoms with Gasteiger partial charge in [0.15, 0.2) is 0 Å². The average Bonchev–Trinajstić information content (AvgIpc) is 1.21. The number of carboxylic acid groups (broad SMARTS) is 1. The number of quaternary nitrogens is 1. The van der Waals surface area contributed by atoms with Gasteiger partial charge in [0.2, 0.25) is 0 Å². The third-order valence-corrected chi connectivity index (χ3v) is 0.603. The SMILES string of the molecule is C[N+](C)(C)CC(=O)[O-].[SH3+]. The minimum atomic E-state index is -1.00. The summed E-state index contributed by atoms with van der Waals surface area (Å²) in [7, 11) is 5.40. The summed E-state index contributed by atoms with van der Waals surface area (Å²) in [4.78, 5) is 9.89. The molecule has 0 aromatic rings. The van der Waals surface area contributed by atoms with Crippen LogP contribution in [-0.4, -0.2) is 38.1 Å². The smallest absolute Gasteiger partial charge is 0.118 e. The largest absolute Gasteiger partial charge is 0.544 e. The van der Waals surface area contributed by atoms with E-state index in [1.165, 1.54) is 0 Å². The molecular weight excluding hydrogens is 138 g/mol. The van der Waals surface area contributed by atoms with Crippen LogP contribution in [0, 0.1) is 0 Å². The lowest BCUT2D eigenvalue weighted by atomic mass is 10.5. The summed E-state index contributed by atoms with van der Waals surface area (Å²) in [5.41, 5.74) is 0. The molecule has 0 bridgehead atoms. The van der Waals surface area contributed by atoms with Crippen molar-refractivity contribution in [2.75, 3.05) is 27.7 Å². The maximum atomic E-state index is 9.89. The van der Waals surface area contributed by atoms with Gasteiger partial charge in [0.1, 0.15) is 6.54 Å². The van der Waals surface area contributed by atoms with E-state index in [4.69, 9.17) is 0 Å². The molecule has 0 spiro atoms. The first kappa shape index (κ1) is 11.6. The van der Waals surface area contributed by atoms with Crippen LogP contribution in [0.1, 0.15) is 0 Å². The van der Waals surface area contributed by atoms with Crippen molar-refractivity contribution in [3.8, 4) is 0 Å². The lowest BCUT2D eigenvalue weighted by Crippen LogP contribution is -2.45. The lowest BCUT2D eigenvalue weighted by molar-refractivity contribution is -0.864. The Hall–Kier alpha value is -0.220. The van der Waals surface area contributed by atoms with Crippen molar-refractivity contribution < 1.29 is 14.4 Å². The number of hydrogen-bond donors (Lipinski definition) is 0. The molecule has 0 amide bonds. The Labute approximate surface area is 62.3 Å². The van der Waals surface area contributed by atoms with Crippen molar-refractivity contribution in [3.05, 3.63) is 0 Å². The summed E-state index contributed by atoms with van der Waals surface area (Å²) in [6, 6.07) is 0. The number of carboxylic acids is 1. The van der Waals surface area contributed by atoms with Crippen LogP contribution < -0.4 is 5.11 Å². The molecule has 0 aliphatic carbocycles. The highest BCUT2D eigenvalue weighted by molar-refractivity contribution is 7.37. The fourth-order valence-electron chi connectivity index (χ4n) is 0.387. The number of likely N-dealkylation sites (N-methyl/N-ethyl adjacent to an activating group) is 1. The number of carbonyl (C=O) groups is 1. The topological polar surface area (TPSA) is 40.1 Å². The number of carbonyl (C=O) groups excluding carboxylic acids is 1. The molecule has 0 aromatic carbocycles. The van der Waals surface area contributed by atoms with Gasteiger partial charge < -0.3 is 14.4 Å². The van der Waals surface area contributed by atoms with E-state index < -0.39 is 5.97 Å². The third-order valence-electron chi connectivity index (χ3n) is 0.603. The Kier molecular flexibility index (Phi) is 4.80. The molecule has 0 N–H and O–H groups in total. The zero-order valence-electron chi connectivity index (χ0n) is 6.05. The second-order valence-electron chi connectivity index (χ2n) is 2.82. The van der Waals surface area contributed by atoms with E-state index in [0.717, 1.165) is 0 Å². The molecule has 4 heteroatoms. The highest BCUT2D eigenvalue weighted by Gasteiger charge is 2.04. The van der Waals surface area contributed by atoms with Crippen LogP contribution in [0.2, 0.25) is 0 Å². The van der Waals surface area contributed by atoms with Gasteiger partial charge in [0, 0.05) is 0 Å². The molecule has 0 unspecified atom stereocenters. The highest BCUT2D eigenvalue weighted by atomic mass is 32.1. The average molecular weight is 152 g/mol. The Morgan fingerprint density at radius 1 is 1.44 bits per heavy atom. The Bertz CT molecular complexity index is 97.6. The molecule has 0 atom stereocenters. The van der Waals surface area contributed by atoms with Crippen LogP contribution in [-0.2, 0) is 18.3 Å². The van der Waals surface area contributed by atoms with Gasteiger partial charge in [-0.3, -0.25) is 0 Å². The number of aliphatic carboxylic acids is 1. The van der Waals surface area contributed by atoms with Crippen LogP contribution in [0.25, 0.3) is 0 Å². The van der Waals surface area contributed by atoms with Crippen molar-refractivity contribution in [3.63, 3.8) is 0 Å². The van der Waals surface area contributed by atoms with Gasteiger partial charge in [-0.05, 0) is 0 Å². The zero-order valence-corrected chi connectivity index (χ0v) is 7.20. The summed E-state index contributed by atoms with van der Waals surface area (Å²) in [5.74, 6) is -1.00. The zero-order chi connectivity index (χ0) is 6.78. The summed E-state index contributed by atoms with van der Waals surface area (Å²) in [6.07, 6.45) is 0. The van der Waals surface area contributed by atoms with E-state index in [9.17, 15) is 9.90 Å². The quantitative estimate of drug-likeness (QED) is 0.328. The van der Waals surface area contributed by atoms with E-state index >= 15 is 0 Å². The molecule has 0 rings (SSSR count). The fourth-order valence-corrected chi connectivity index (χ4v) is 0.387. The van der Waals surface area contributed by atoms with Gasteiger partial charge in [-0.2, -0.15) is 0 Å². The molecule has 0 saturated carbocycles. The molecule has 0 aliphatic rings. The molecule has 0 aliphatic heterocycles. The molecule has 0 fully saturated rings. The molecule has 3 nitrogen and oxygen atoms in total. The van der Waals surface area contributed by atoms with Gasteiger partial charge in [0.25, 0.3) is 0 Å². The fraction of sp³-hybridized carbons (Fsp3) is 0.800. The molecular formula is C5H14NO2S+. The first-order chi connectivity index (χ1) is 3.42. The van der Waals surface area contributed by atoms with Crippen molar-refractivity contribution >= 4 is 19.5 Å². The van der Waals surface area contributed by atoms with E-state index in [1.54, 1.807) is 21.1 Å². The first-order valence-corrected chi connectivity index (χ1v) is 2.42. The van der Waals surface area contributed by atoms with E-state index in [2.05, 4.69) is 0 Å². The van der Waals surface area contributed by atoms with E-state index in [-0.39, 0.29) is 20.0 Å². The standard InChI is InChI=1S/C5H11NO2.H2S/c1-6(2,3)4-5(7)8;/h4H2,1-3H3;1H2/p+1. The second kappa shape index (κ2) is 3.74. The summed E-state index contributed by atoms with van der Waals surface area (Å²) >= 11 is 0. The molecule has 56 valence electrons. The first-order valence-electron chi connectivity index (χ1n) is 2.42. The van der Waals surface area contributed by atoms with Crippen LogP contribution in [0.4, 0.5) is 0 Å². The van der Waals surface area contributed by atoms with Crippen molar-refractivity contribution in [2.24, 2.45) is 0 Å². The predicted molar refractivity (Wildman–Crippen MR) is 39.5 cm³/mol. The minimum Gasteiger partial charge on any atom is -0.544 e. The summed E-state index contributed by atoms with van der Waals surface area (Å²) in [5, 5.41) is 9.89. The summed E-state index contributed by atoms with van der Waals surface area (Å²) < 4.78 is 0.419. The maximum absolute atomic E-state index is 9.89. The molecule has 0 aromatic heterocycles. The van der Waals surface area contributed by atoms with Crippen molar-refractivity contribution in [2.45, 2.75) is 0 Å². The van der Waals surface area contributed by atoms with Crippen LogP contribution in [0.15, 0.2) is 0 Å². The van der Waals surface area contributed by atoms with E-state index in [1.807, 2.05) is 0 Å². The Balaban J connectivity index is 0. The van der Waals surface area contributed by atoms with E-state index in [0.29, 0.717) is 4.48 Å². The minimum absolute atomic E-state index is 0. The van der Waals surface area contributed by atoms with Crippen molar-refractivity contribution in [1.82, 2.24) is 0 Å². The van der Waals surface area contributed by atoms with Crippen molar-refractivity contribution in [1.29, 1.82) is 0 Å². The van der Waals surface area contributed by atoms with Gasteiger partial charge in [-0.25, -0.2) is 0 Å². The molecule has 0 radical (unpaired) electrons. The Morgan fingerprint density at radius 3 is 1.78 bits per heavy atom. The number of nitrogens with zero attached hydrogens (tertiary/aromatic N) is 1. The molecule has 0 heterocycles. The maximum Gasteiger partial charge on any atom is 0.118 e. The van der Waals surface area contributed by atoms with Crippen LogP contribution in [0.3, 0.4) is 0 Å². The van der Waals surface area contributed by atoms with Gasteiger partial charge in [0.05, 0.1) is 27.1 Å². The van der Waals surface area contributed by atoms with Gasteiger partial charge in [-0.15, -0.1) is 0 Å². The third kappa shape index (κ3) is 11.4. The van der Waals surface area contributed by atoms with Gasteiger partial charge >= 0.3 is 0 Å². The monoisotopic (exact) mass is 152 g/mol. The highest BCUT2D eigenvalue weighted by Crippen LogP contribution is 1.84. The number of hydrogen-bond acceptors (Lipinski definition) is 2.